The third kappa shape index (κ3) is 8.29. The minimum atomic E-state index is -1.63. The van der Waals surface area contributed by atoms with Crippen molar-refractivity contribution in [2.45, 2.75) is 50.0 Å². The average molecular weight is 458 g/mol. The molecule has 0 saturated carbocycles. The number of carbonyl (C=O) groups excluding carboxylic acids is 3. The van der Waals surface area contributed by atoms with Crippen molar-refractivity contribution in [1.29, 1.82) is 0 Å². The van der Waals surface area contributed by atoms with Gasteiger partial charge in [-0.3, -0.25) is 19.2 Å². The summed E-state index contributed by atoms with van der Waals surface area (Å²) < 4.78 is 0. The fourth-order valence-electron chi connectivity index (χ4n) is 2.49. The van der Waals surface area contributed by atoms with Gasteiger partial charge in [0, 0.05) is 18.3 Å². The van der Waals surface area contributed by atoms with Crippen molar-refractivity contribution in [3.05, 3.63) is 18.2 Å². The number of hydrogen-bond donors (Lipinski definition) is 9. The van der Waals surface area contributed by atoms with Gasteiger partial charge >= 0.3 is 11.9 Å². The zero-order valence-electron chi connectivity index (χ0n) is 17.0. The summed E-state index contributed by atoms with van der Waals surface area (Å²) in [6.45, 7) is 0.230. The van der Waals surface area contributed by atoms with E-state index < -0.39 is 73.0 Å². The molecule has 15 nitrogen and oxygen atoms in total. The van der Waals surface area contributed by atoms with Gasteiger partial charge in [-0.25, -0.2) is 9.78 Å². The van der Waals surface area contributed by atoms with E-state index in [1.54, 1.807) is 0 Å². The maximum absolute atomic E-state index is 12.5. The van der Waals surface area contributed by atoms with Gasteiger partial charge in [0.1, 0.15) is 18.1 Å². The van der Waals surface area contributed by atoms with Gasteiger partial charge in [0.2, 0.25) is 17.7 Å². The van der Waals surface area contributed by atoms with Crippen LogP contribution in [-0.4, -0.2) is 96.9 Å². The largest absolute Gasteiger partial charge is 0.481 e. The van der Waals surface area contributed by atoms with Crippen LogP contribution >= 0.6 is 0 Å². The fourth-order valence-corrected chi connectivity index (χ4v) is 2.49. The molecule has 5 unspecified atom stereocenters. The van der Waals surface area contributed by atoms with Crippen LogP contribution in [0.5, 0.6) is 0 Å². The summed E-state index contributed by atoms with van der Waals surface area (Å²) in [5.41, 5.74) is 5.80. The lowest BCUT2D eigenvalue weighted by Crippen LogP contribution is -2.60. The molecule has 0 bridgehead atoms. The monoisotopic (exact) mass is 458 g/mol. The van der Waals surface area contributed by atoms with Crippen LogP contribution in [0.1, 0.15) is 19.0 Å². The molecular formula is C17H26N6O9. The smallest absolute Gasteiger partial charge is 0.326 e. The highest BCUT2D eigenvalue weighted by Gasteiger charge is 2.33. The number of amides is 3. The molecular weight excluding hydrogens is 432 g/mol. The van der Waals surface area contributed by atoms with Gasteiger partial charge < -0.3 is 47.1 Å². The van der Waals surface area contributed by atoms with Crippen LogP contribution in [0.15, 0.2) is 12.5 Å². The van der Waals surface area contributed by atoms with Crippen LogP contribution < -0.4 is 21.7 Å². The third-order valence-corrected chi connectivity index (χ3v) is 4.20. The van der Waals surface area contributed by atoms with Crippen LogP contribution in [0.25, 0.3) is 0 Å². The molecule has 32 heavy (non-hydrogen) atoms. The molecule has 1 aromatic heterocycles. The number of carbonyl (C=O) groups is 5. The molecule has 0 fully saturated rings. The molecule has 0 saturated heterocycles. The van der Waals surface area contributed by atoms with Crippen molar-refractivity contribution >= 4 is 29.7 Å². The summed E-state index contributed by atoms with van der Waals surface area (Å²) in [5.74, 6) is -5.90. The number of carboxylic acids is 2. The summed E-state index contributed by atoms with van der Waals surface area (Å²) in [6.07, 6.45) is 0.320. The molecule has 1 rings (SSSR count). The highest BCUT2D eigenvalue weighted by molar-refractivity contribution is 5.95. The first kappa shape index (κ1) is 26.5. The van der Waals surface area contributed by atoms with Crippen molar-refractivity contribution in [2.75, 3.05) is 6.61 Å². The molecule has 3 amide bonds. The Bertz CT molecular complexity index is 813. The first-order valence-electron chi connectivity index (χ1n) is 9.33. The van der Waals surface area contributed by atoms with Crippen molar-refractivity contribution in [2.24, 2.45) is 5.73 Å². The molecule has 0 aliphatic rings. The van der Waals surface area contributed by atoms with Crippen molar-refractivity contribution in [3.8, 4) is 0 Å². The van der Waals surface area contributed by atoms with E-state index in [1.165, 1.54) is 12.5 Å². The Labute approximate surface area is 181 Å². The van der Waals surface area contributed by atoms with Gasteiger partial charge in [0.15, 0.2) is 0 Å². The van der Waals surface area contributed by atoms with Crippen LogP contribution in [0.2, 0.25) is 0 Å². The third-order valence-electron chi connectivity index (χ3n) is 4.20. The molecule has 15 heteroatoms. The van der Waals surface area contributed by atoms with Crippen LogP contribution in [-0.2, 0) is 30.4 Å². The Balaban J connectivity index is 2.82. The standard InChI is InChI=1S/C17H26N6O9/c1-7(25)13(16(30)21-10(17(31)32)2-8-4-19-6-20-8)23-15(29)11(5-24)22-14(28)9(18)3-12(26)27/h4,6-7,9-11,13,24-25H,2-3,5,18H2,1H3,(H,19,20)(H,21,30)(H,22,28)(H,23,29)(H,26,27)(H,31,32). The lowest BCUT2D eigenvalue weighted by Gasteiger charge is -2.25. The van der Waals surface area contributed by atoms with Gasteiger partial charge in [0.25, 0.3) is 0 Å². The van der Waals surface area contributed by atoms with Gasteiger partial charge in [-0.05, 0) is 6.92 Å². The van der Waals surface area contributed by atoms with Crippen molar-refractivity contribution in [3.63, 3.8) is 0 Å². The number of aliphatic hydroxyl groups is 2. The Hall–Kier alpha value is -3.56. The Kier molecular flexibility index (Phi) is 10.2. The summed E-state index contributed by atoms with van der Waals surface area (Å²) >= 11 is 0. The zero-order chi connectivity index (χ0) is 24.4. The second-order valence-corrected chi connectivity index (χ2v) is 6.86. The van der Waals surface area contributed by atoms with E-state index in [-0.39, 0.29) is 6.42 Å². The van der Waals surface area contributed by atoms with Crippen molar-refractivity contribution in [1.82, 2.24) is 25.9 Å². The number of aliphatic carboxylic acids is 2. The van der Waals surface area contributed by atoms with E-state index in [0.29, 0.717) is 5.69 Å². The maximum atomic E-state index is 12.5. The number of hydrogen-bond acceptors (Lipinski definition) is 9. The topological polar surface area (TPSA) is 257 Å². The molecule has 1 aromatic rings. The Morgan fingerprint density at radius 1 is 1.06 bits per heavy atom. The second-order valence-electron chi connectivity index (χ2n) is 6.86. The predicted octanol–water partition coefficient (Wildman–Crippen LogP) is -4.33. The fraction of sp³-hybridized carbons (Fsp3) is 0.529. The molecule has 1 heterocycles. The molecule has 0 aliphatic carbocycles. The molecule has 0 radical (unpaired) electrons. The van der Waals surface area contributed by atoms with Crippen LogP contribution in [0.3, 0.4) is 0 Å². The summed E-state index contributed by atoms with van der Waals surface area (Å²) in [6, 6.07) is -6.16. The van der Waals surface area contributed by atoms with Crippen LogP contribution in [0, 0.1) is 0 Å². The highest BCUT2D eigenvalue weighted by Crippen LogP contribution is 2.02. The quantitative estimate of drug-likeness (QED) is 0.136. The molecule has 0 aliphatic heterocycles. The molecule has 0 aromatic carbocycles. The molecule has 10 N–H and O–H groups in total. The van der Waals surface area contributed by atoms with E-state index in [0.717, 1.165) is 6.92 Å². The summed E-state index contributed by atoms with van der Waals surface area (Å²) in [4.78, 5) is 65.3. The minimum absolute atomic E-state index is 0.154. The highest BCUT2D eigenvalue weighted by atomic mass is 16.4. The number of nitrogens with one attached hydrogen (secondary N) is 4. The second kappa shape index (κ2) is 12.3. The first-order chi connectivity index (χ1) is 15.0. The van der Waals surface area contributed by atoms with Crippen molar-refractivity contribution < 1.29 is 44.4 Å². The van der Waals surface area contributed by atoms with Crippen LogP contribution in [0.4, 0.5) is 0 Å². The van der Waals surface area contributed by atoms with E-state index >= 15 is 0 Å². The molecule has 0 spiro atoms. The van der Waals surface area contributed by atoms with E-state index in [9.17, 15) is 39.3 Å². The number of H-pyrrole nitrogens is 1. The normalized spacial score (nSPS) is 15.5. The number of nitrogens with zero attached hydrogens (tertiary/aromatic N) is 1. The summed E-state index contributed by atoms with van der Waals surface area (Å²) in [5, 5.41) is 43.6. The number of rotatable bonds is 13. The van der Waals surface area contributed by atoms with Gasteiger partial charge in [-0.1, -0.05) is 0 Å². The number of aromatic amines is 1. The summed E-state index contributed by atoms with van der Waals surface area (Å²) in [7, 11) is 0. The molecule has 5 atom stereocenters. The Morgan fingerprint density at radius 2 is 1.69 bits per heavy atom. The van der Waals surface area contributed by atoms with Gasteiger partial charge in [0.05, 0.1) is 31.5 Å². The minimum Gasteiger partial charge on any atom is -0.481 e. The number of carboxylic acid groups (broad SMARTS) is 2. The molecule has 178 valence electrons. The number of aliphatic hydroxyl groups excluding tert-OH is 2. The average Bonchev–Trinajstić information content (AvgIpc) is 3.21. The first-order valence-corrected chi connectivity index (χ1v) is 9.33. The Morgan fingerprint density at radius 3 is 2.16 bits per heavy atom. The lowest BCUT2D eigenvalue weighted by atomic mass is 10.1. The number of imidazole rings is 1. The van der Waals surface area contributed by atoms with Gasteiger partial charge in [-0.15, -0.1) is 0 Å². The predicted molar refractivity (Wildman–Crippen MR) is 105 cm³/mol. The number of aromatic nitrogens is 2. The van der Waals surface area contributed by atoms with E-state index in [2.05, 4.69) is 20.6 Å². The SMILES string of the molecule is CC(O)C(NC(=O)C(CO)NC(=O)C(N)CC(=O)O)C(=O)NC(Cc1cnc[nH]1)C(=O)O. The number of nitrogens with two attached hydrogens (primary N) is 1. The zero-order valence-corrected chi connectivity index (χ0v) is 17.0. The van der Waals surface area contributed by atoms with E-state index in [4.69, 9.17) is 10.8 Å². The van der Waals surface area contributed by atoms with E-state index in [1.807, 2.05) is 5.32 Å². The maximum Gasteiger partial charge on any atom is 0.326 e. The van der Waals surface area contributed by atoms with Gasteiger partial charge in [-0.2, -0.15) is 0 Å². The lowest BCUT2D eigenvalue weighted by molar-refractivity contribution is -0.143.